The molecule has 0 fully saturated rings. The first-order valence-corrected chi connectivity index (χ1v) is 8.07. The molecule has 0 spiro atoms. The molecule has 0 aromatic heterocycles. The highest BCUT2D eigenvalue weighted by Crippen LogP contribution is 2.32. The van der Waals surface area contributed by atoms with Gasteiger partial charge in [0.15, 0.2) is 6.29 Å². The maximum Gasteiger partial charge on any atom is 0.153 e. The van der Waals surface area contributed by atoms with E-state index in [1.54, 1.807) is 0 Å². The molecule has 3 nitrogen and oxygen atoms in total. The Morgan fingerprint density at radius 3 is 2.32 bits per heavy atom. The second kappa shape index (κ2) is 8.42. The van der Waals surface area contributed by atoms with E-state index in [9.17, 15) is 4.79 Å². The largest absolute Gasteiger partial charge is 0.494 e. The van der Waals surface area contributed by atoms with Gasteiger partial charge in [0.1, 0.15) is 11.5 Å². The van der Waals surface area contributed by atoms with Crippen molar-refractivity contribution in [2.75, 3.05) is 13.2 Å². The Kier molecular flexibility index (Phi) is 6.26. The van der Waals surface area contributed by atoms with Crippen LogP contribution in [0.4, 0.5) is 0 Å². The van der Waals surface area contributed by atoms with E-state index in [2.05, 4.69) is 13.8 Å². The number of carbonyl (C=O) groups is 1. The monoisotopic (exact) mass is 300 g/mol. The van der Waals surface area contributed by atoms with E-state index in [-0.39, 0.29) is 0 Å². The molecule has 3 heteroatoms. The summed E-state index contributed by atoms with van der Waals surface area (Å²) in [6, 6.07) is 9.71. The maximum atomic E-state index is 11.3. The minimum Gasteiger partial charge on any atom is -0.494 e. The SMILES string of the molecule is CCCCOc1ccc2ccc(C=O)c(OCCCC)c2c1. The Hall–Kier alpha value is -2.03. The van der Waals surface area contributed by atoms with Crippen molar-refractivity contribution in [2.45, 2.75) is 39.5 Å². The van der Waals surface area contributed by atoms with E-state index < -0.39 is 0 Å². The van der Waals surface area contributed by atoms with Gasteiger partial charge < -0.3 is 9.47 Å². The molecule has 0 aliphatic heterocycles. The average molecular weight is 300 g/mol. The van der Waals surface area contributed by atoms with Crippen molar-refractivity contribution in [2.24, 2.45) is 0 Å². The van der Waals surface area contributed by atoms with Gasteiger partial charge in [0.25, 0.3) is 0 Å². The van der Waals surface area contributed by atoms with Crippen molar-refractivity contribution in [1.29, 1.82) is 0 Å². The second-order valence-electron chi connectivity index (χ2n) is 5.39. The van der Waals surface area contributed by atoms with E-state index in [0.29, 0.717) is 24.5 Å². The van der Waals surface area contributed by atoms with Crippen LogP contribution in [0.2, 0.25) is 0 Å². The molecule has 0 radical (unpaired) electrons. The van der Waals surface area contributed by atoms with Crippen LogP contribution in [-0.2, 0) is 0 Å². The molecule has 0 aliphatic rings. The first-order valence-electron chi connectivity index (χ1n) is 8.07. The summed E-state index contributed by atoms with van der Waals surface area (Å²) in [6.07, 6.45) is 5.03. The van der Waals surface area contributed by atoms with Gasteiger partial charge in [0.2, 0.25) is 0 Å². The van der Waals surface area contributed by atoms with Crippen LogP contribution in [0.25, 0.3) is 10.8 Å². The van der Waals surface area contributed by atoms with Gasteiger partial charge >= 0.3 is 0 Å². The quantitative estimate of drug-likeness (QED) is 0.482. The molecular weight excluding hydrogens is 276 g/mol. The van der Waals surface area contributed by atoms with Crippen molar-refractivity contribution in [1.82, 2.24) is 0 Å². The summed E-state index contributed by atoms with van der Waals surface area (Å²) in [7, 11) is 0. The Bertz CT molecular complexity index is 619. The van der Waals surface area contributed by atoms with Gasteiger partial charge in [0, 0.05) is 5.39 Å². The molecular formula is C19H24O3. The molecule has 0 atom stereocenters. The molecule has 0 unspecified atom stereocenters. The number of hydrogen-bond acceptors (Lipinski definition) is 3. The van der Waals surface area contributed by atoms with Crippen LogP contribution in [0, 0.1) is 0 Å². The highest BCUT2D eigenvalue weighted by molar-refractivity contribution is 5.96. The Morgan fingerprint density at radius 2 is 1.64 bits per heavy atom. The number of unbranched alkanes of at least 4 members (excludes halogenated alkanes) is 2. The molecule has 0 N–H and O–H groups in total. The Morgan fingerprint density at radius 1 is 0.955 bits per heavy atom. The maximum absolute atomic E-state index is 11.3. The molecule has 2 aromatic carbocycles. The minimum atomic E-state index is 0.592. The first kappa shape index (κ1) is 16.3. The van der Waals surface area contributed by atoms with E-state index in [0.717, 1.165) is 48.5 Å². The summed E-state index contributed by atoms with van der Waals surface area (Å²) >= 11 is 0. The number of rotatable bonds is 9. The third kappa shape index (κ3) is 4.00. The first-order chi connectivity index (χ1) is 10.8. The smallest absolute Gasteiger partial charge is 0.153 e. The predicted molar refractivity (Wildman–Crippen MR) is 90.1 cm³/mol. The van der Waals surface area contributed by atoms with Crippen LogP contribution in [0.15, 0.2) is 30.3 Å². The number of fused-ring (bicyclic) bond motifs is 1. The number of hydrogen-bond donors (Lipinski definition) is 0. The van der Waals surface area contributed by atoms with E-state index in [4.69, 9.17) is 9.47 Å². The number of benzene rings is 2. The van der Waals surface area contributed by atoms with Crippen LogP contribution >= 0.6 is 0 Å². The lowest BCUT2D eigenvalue weighted by molar-refractivity contribution is 0.111. The average Bonchev–Trinajstić information content (AvgIpc) is 2.55. The van der Waals surface area contributed by atoms with Crippen LogP contribution in [0.3, 0.4) is 0 Å². The van der Waals surface area contributed by atoms with Gasteiger partial charge in [-0.05, 0) is 36.4 Å². The van der Waals surface area contributed by atoms with E-state index >= 15 is 0 Å². The van der Waals surface area contributed by atoms with Crippen molar-refractivity contribution < 1.29 is 14.3 Å². The zero-order valence-electron chi connectivity index (χ0n) is 13.4. The summed E-state index contributed by atoms with van der Waals surface area (Å²) in [5.41, 5.74) is 0.592. The Labute approximate surface area is 132 Å². The summed E-state index contributed by atoms with van der Waals surface area (Å²) in [6.45, 7) is 5.59. The molecule has 0 heterocycles. The number of ether oxygens (including phenoxy) is 2. The highest BCUT2D eigenvalue weighted by Gasteiger charge is 2.10. The van der Waals surface area contributed by atoms with Gasteiger partial charge in [-0.3, -0.25) is 4.79 Å². The van der Waals surface area contributed by atoms with Crippen LogP contribution in [0.1, 0.15) is 49.9 Å². The molecule has 2 aromatic rings. The molecule has 2 rings (SSSR count). The van der Waals surface area contributed by atoms with E-state index in [1.165, 1.54) is 0 Å². The summed E-state index contributed by atoms with van der Waals surface area (Å²) in [5, 5.41) is 2.00. The van der Waals surface area contributed by atoms with Crippen molar-refractivity contribution in [3.63, 3.8) is 0 Å². The summed E-state index contributed by atoms with van der Waals surface area (Å²) in [5.74, 6) is 1.49. The van der Waals surface area contributed by atoms with Gasteiger partial charge in [0.05, 0.1) is 18.8 Å². The standard InChI is InChI=1S/C19H24O3/c1-3-5-11-21-17-10-9-15-7-8-16(14-20)19(18(15)13-17)22-12-6-4-2/h7-10,13-14H,3-6,11-12H2,1-2H3. The lowest BCUT2D eigenvalue weighted by Gasteiger charge is -2.13. The van der Waals surface area contributed by atoms with E-state index in [1.807, 2.05) is 30.3 Å². The molecule has 22 heavy (non-hydrogen) atoms. The predicted octanol–water partition coefficient (Wildman–Crippen LogP) is 5.01. The Balaban J connectivity index is 2.33. The van der Waals surface area contributed by atoms with Crippen molar-refractivity contribution >= 4 is 17.1 Å². The van der Waals surface area contributed by atoms with Crippen LogP contribution < -0.4 is 9.47 Å². The van der Waals surface area contributed by atoms with Gasteiger partial charge in [-0.15, -0.1) is 0 Å². The molecule has 118 valence electrons. The van der Waals surface area contributed by atoms with Crippen molar-refractivity contribution in [3.8, 4) is 11.5 Å². The molecule has 0 amide bonds. The molecule has 0 aliphatic carbocycles. The summed E-state index contributed by atoms with van der Waals surface area (Å²) < 4.78 is 11.6. The topological polar surface area (TPSA) is 35.5 Å². The van der Waals surface area contributed by atoms with Crippen LogP contribution in [-0.4, -0.2) is 19.5 Å². The van der Waals surface area contributed by atoms with Crippen LogP contribution in [0.5, 0.6) is 11.5 Å². The number of aldehydes is 1. The fourth-order valence-electron chi connectivity index (χ4n) is 2.28. The lowest BCUT2D eigenvalue weighted by Crippen LogP contribution is -2.01. The fraction of sp³-hybridized carbons (Fsp3) is 0.421. The normalized spacial score (nSPS) is 10.6. The van der Waals surface area contributed by atoms with Crippen molar-refractivity contribution in [3.05, 3.63) is 35.9 Å². The zero-order valence-corrected chi connectivity index (χ0v) is 13.4. The molecule has 0 saturated carbocycles. The van der Waals surface area contributed by atoms with Gasteiger partial charge in [-0.2, -0.15) is 0 Å². The fourth-order valence-corrected chi connectivity index (χ4v) is 2.28. The zero-order chi connectivity index (χ0) is 15.8. The third-order valence-corrected chi connectivity index (χ3v) is 3.61. The van der Waals surface area contributed by atoms with Gasteiger partial charge in [-0.1, -0.05) is 38.8 Å². The molecule has 0 saturated heterocycles. The third-order valence-electron chi connectivity index (χ3n) is 3.61. The minimum absolute atomic E-state index is 0.592. The lowest BCUT2D eigenvalue weighted by atomic mass is 10.1. The highest BCUT2D eigenvalue weighted by atomic mass is 16.5. The summed E-state index contributed by atoms with van der Waals surface area (Å²) in [4.78, 5) is 11.3. The second-order valence-corrected chi connectivity index (χ2v) is 5.39. The molecule has 0 bridgehead atoms. The number of carbonyl (C=O) groups excluding carboxylic acids is 1. The van der Waals surface area contributed by atoms with Gasteiger partial charge in [-0.25, -0.2) is 0 Å².